The van der Waals surface area contributed by atoms with Gasteiger partial charge in [0.25, 0.3) is 0 Å². The highest BCUT2D eigenvalue weighted by molar-refractivity contribution is 9.10. The van der Waals surface area contributed by atoms with Crippen LogP contribution in [0.5, 0.6) is 0 Å². The zero-order valence-electron chi connectivity index (χ0n) is 11.3. The minimum atomic E-state index is 0.242. The van der Waals surface area contributed by atoms with E-state index in [1.165, 1.54) is 19.4 Å². The van der Waals surface area contributed by atoms with E-state index in [4.69, 9.17) is 10.00 Å². The van der Waals surface area contributed by atoms with Crippen molar-refractivity contribution in [1.29, 1.82) is 5.26 Å². The van der Waals surface area contributed by atoms with Crippen LogP contribution in [0, 0.1) is 11.3 Å². The van der Waals surface area contributed by atoms with E-state index < -0.39 is 0 Å². The van der Waals surface area contributed by atoms with Crippen LogP contribution in [0.4, 0.5) is 5.69 Å². The Bertz CT molecular complexity index is 528. The Morgan fingerprint density at radius 3 is 3.20 bits per heavy atom. The molecule has 0 bridgehead atoms. The zero-order chi connectivity index (χ0) is 13.9. The molecule has 2 unspecified atom stereocenters. The van der Waals surface area contributed by atoms with Crippen LogP contribution in [0.3, 0.4) is 0 Å². The van der Waals surface area contributed by atoms with E-state index in [-0.39, 0.29) is 6.10 Å². The Morgan fingerprint density at radius 1 is 1.50 bits per heavy atom. The number of hydrogen-bond acceptors (Lipinski definition) is 4. The van der Waals surface area contributed by atoms with Crippen molar-refractivity contribution >= 4 is 21.6 Å². The summed E-state index contributed by atoms with van der Waals surface area (Å²) in [6, 6.07) is 8.38. The Kier molecular flexibility index (Phi) is 4.25. The summed E-state index contributed by atoms with van der Waals surface area (Å²) in [6.07, 6.45) is 2.82. The Hall–Kier alpha value is -1.09. The van der Waals surface area contributed by atoms with Gasteiger partial charge < -0.3 is 10.1 Å². The number of anilines is 1. The minimum Gasteiger partial charge on any atom is -0.381 e. The fraction of sp³-hybridized carbons (Fsp3) is 0.533. The molecule has 5 heteroatoms. The summed E-state index contributed by atoms with van der Waals surface area (Å²) >= 11 is 3.49. The highest BCUT2D eigenvalue weighted by atomic mass is 79.9. The van der Waals surface area contributed by atoms with E-state index in [1.54, 1.807) is 0 Å². The zero-order valence-corrected chi connectivity index (χ0v) is 12.9. The highest BCUT2D eigenvalue weighted by Crippen LogP contribution is 2.25. The van der Waals surface area contributed by atoms with Crippen LogP contribution in [-0.4, -0.2) is 43.3 Å². The van der Waals surface area contributed by atoms with Gasteiger partial charge in [-0.15, -0.1) is 0 Å². The van der Waals surface area contributed by atoms with E-state index in [0.717, 1.165) is 29.9 Å². The number of hydrogen-bond donors (Lipinski definition) is 1. The first kappa shape index (κ1) is 13.9. The quantitative estimate of drug-likeness (QED) is 0.922. The van der Waals surface area contributed by atoms with Crippen molar-refractivity contribution in [3.63, 3.8) is 0 Å². The summed E-state index contributed by atoms with van der Waals surface area (Å²) in [5.41, 5.74) is 1.67. The molecule has 0 aliphatic carbocycles. The van der Waals surface area contributed by atoms with Crippen LogP contribution in [-0.2, 0) is 4.74 Å². The molecule has 0 aromatic heterocycles. The molecule has 2 fully saturated rings. The number of nitriles is 1. The van der Waals surface area contributed by atoms with E-state index >= 15 is 0 Å². The predicted octanol–water partition coefficient (Wildman–Crippen LogP) is 2.60. The summed E-state index contributed by atoms with van der Waals surface area (Å²) in [7, 11) is 0. The monoisotopic (exact) mass is 335 g/mol. The first-order valence-corrected chi connectivity index (χ1v) is 7.85. The first-order valence-electron chi connectivity index (χ1n) is 7.05. The van der Waals surface area contributed by atoms with Crippen molar-refractivity contribution in [3.8, 4) is 6.07 Å². The normalized spacial score (nSPS) is 26.0. The average molecular weight is 336 g/mol. The second-order valence-electron chi connectivity index (χ2n) is 5.43. The number of fused-ring (bicyclic) bond motifs is 1. The SMILES string of the molecule is N#Cc1ccc(NCC2CN3CCCC3CO2)c(Br)c1. The topological polar surface area (TPSA) is 48.3 Å². The van der Waals surface area contributed by atoms with E-state index in [2.05, 4.69) is 32.2 Å². The average Bonchev–Trinajstić information content (AvgIpc) is 2.93. The molecular formula is C15H18BrN3O. The molecule has 106 valence electrons. The highest BCUT2D eigenvalue weighted by Gasteiger charge is 2.31. The lowest BCUT2D eigenvalue weighted by molar-refractivity contribution is -0.0415. The number of benzene rings is 1. The van der Waals surface area contributed by atoms with E-state index in [0.29, 0.717) is 11.6 Å². The molecule has 1 aromatic rings. The molecule has 2 aliphatic heterocycles. The molecule has 2 saturated heterocycles. The third-order valence-corrected chi connectivity index (χ3v) is 4.74. The smallest absolute Gasteiger partial charge is 0.0992 e. The molecule has 2 atom stereocenters. The molecule has 0 saturated carbocycles. The Labute approximate surface area is 127 Å². The standard InChI is InChI=1S/C15H18BrN3O/c16-14-6-11(7-17)3-4-15(14)18-8-13-9-19-5-1-2-12(19)10-20-13/h3-4,6,12-13,18H,1-2,5,8-10H2. The number of rotatable bonds is 3. The molecule has 20 heavy (non-hydrogen) atoms. The number of nitrogens with zero attached hydrogens (tertiary/aromatic N) is 2. The summed E-state index contributed by atoms with van der Waals surface area (Å²) < 4.78 is 6.85. The molecule has 3 rings (SSSR count). The van der Waals surface area contributed by atoms with Gasteiger partial charge in [-0.05, 0) is 53.5 Å². The van der Waals surface area contributed by atoms with Gasteiger partial charge in [0.15, 0.2) is 0 Å². The lowest BCUT2D eigenvalue weighted by Crippen LogP contribution is -2.48. The third kappa shape index (κ3) is 2.98. The van der Waals surface area contributed by atoms with Gasteiger partial charge in [-0.25, -0.2) is 0 Å². The molecule has 0 spiro atoms. The first-order chi connectivity index (χ1) is 9.76. The van der Waals surface area contributed by atoms with Crippen LogP contribution >= 0.6 is 15.9 Å². The lowest BCUT2D eigenvalue weighted by atomic mass is 10.2. The maximum Gasteiger partial charge on any atom is 0.0992 e. The molecule has 1 aromatic carbocycles. The summed E-state index contributed by atoms with van der Waals surface area (Å²) in [6.45, 7) is 3.89. The maximum absolute atomic E-state index is 8.86. The second kappa shape index (κ2) is 6.13. The molecule has 0 radical (unpaired) electrons. The Morgan fingerprint density at radius 2 is 2.40 bits per heavy atom. The van der Waals surface area contributed by atoms with Gasteiger partial charge in [-0.1, -0.05) is 0 Å². The van der Waals surface area contributed by atoms with Crippen molar-refractivity contribution < 1.29 is 4.74 Å². The van der Waals surface area contributed by atoms with Crippen molar-refractivity contribution in [2.45, 2.75) is 25.0 Å². The minimum absolute atomic E-state index is 0.242. The number of nitrogens with one attached hydrogen (secondary N) is 1. The summed E-state index contributed by atoms with van der Waals surface area (Å²) in [4.78, 5) is 2.55. The van der Waals surface area contributed by atoms with Gasteiger partial charge in [-0.2, -0.15) is 5.26 Å². The summed E-state index contributed by atoms with van der Waals surface area (Å²) in [5, 5.41) is 12.3. The van der Waals surface area contributed by atoms with Gasteiger partial charge in [0, 0.05) is 29.3 Å². The van der Waals surface area contributed by atoms with Gasteiger partial charge in [0.2, 0.25) is 0 Å². The second-order valence-corrected chi connectivity index (χ2v) is 6.29. The third-order valence-electron chi connectivity index (χ3n) is 4.08. The largest absolute Gasteiger partial charge is 0.381 e. The fourth-order valence-electron chi connectivity index (χ4n) is 2.96. The molecule has 2 aliphatic rings. The lowest BCUT2D eigenvalue weighted by Gasteiger charge is -2.35. The van der Waals surface area contributed by atoms with E-state index in [1.807, 2.05) is 18.2 Å². The van der Waals surface area contributed by atoms with Crippen molar-refractivity contribution in [3.05, 3.63) is 28.2 Å². The molecule has 1 N–H and O–H groups in total. The van der Waals surface area contributed by atoms with Crippen LogP contribution in [0.25, 0.3) is 0 Å². The maximum atomic E-state index is 8.86. The molecule has 4 nitrogen and oxygen atoms in total. The fourth-order valence-corrected chi connectivity index (χ4v) is 3.48. The molecule has 0 amide bonds. The van der Waals surface area contributed by atoms with Gasteiger partial charge in [0.05, 0.1) is 24.3 Å². The van der Waals surface area contributed by atoms with Crippen molar-refractivity contribution in [2.75, 3.05) is 31.6 Å². The van der Waals surface area contributed by atoms with Crippen LogP contribution in [0.2, 0.25) is 0 Å². The molecule has 2 heterocycles. The number of ether oxygens (including phenoxy) is 1. The van der Waals surface area contributed by atoms with Gasteiger partial charge >= 0.3 is 0 Å². The van der Waals surface area contributed by atoms with Crippen LogP contribution in [0.1, 0.15) is 18.4 Å². The number of morpholine rings is 1. The summed E-state index contributed by atoms with van der Waals surface area (Å²) in [5.74, 6) is 0. The van der Waals surface area contributed by atoms with Gasteiger partial charge in [0.1, 0.15) is 0 Å². The Balaban J connectivity index is 1.56. The predicted molar refractivity (Wildman–Crippen MR) is 81.7 cm³/mol. The van der Waals surface area contributed by atoms with Crippen molar-refractivity contribution in [2.24, 2.45) is 0 Å². The number of halogens is 1. The van der Waals surface area contributed by atoms with Crippen molar-refractivity contribution in [1.82, 2.24) is 4.90 Å². The van der Waals surface area contributed by atoms with Crippen LogP contribution in [0.15, 0.2) is 22.7 Å². The molecular weight excluding hydrogens is 318 g/mol. The van der Waals surface area contributed by atoms with E-state index in [9.17, 15) is 0 Å². The van der Waals surface area contributed by atoms with Crippen LogP contribution < -0.4 is 5.32 Å². The van der Waals surface area contributed by atoms with Gasteiger partial charge in [-0.3, -0.25) is 4.90 Å².